The second-order valence-electron chi connectivity index (χ2n) is 5.63. The summed E-state index contributed by atoms with van der Waals surface area (Å²) >= 11 is 1.74. The summed E-state index contributed by atoms with van der Waals surface area (Å²) in [5.74, 6) is 0. The third-order valence-corrected chi connectivity index (χ3v) is 4.19. The average Bonchev–Trinajstić information content (AvgIpc) is 2.67. The molecule has 2 aromatic rings. The highest BCUT2D eigenvalue weighted by Crippen LogP contribution is 2.26. The van der Waals surface area contributed by atoms with Crippen molar-refractivity contribution in [3.05, 3.63) is 23.2 Å². The molecule has 0 spiro atoms. The minimum Gasteiger partial charge on any atom is -0.382 e. The molecule has 0 saturated carbocycles. The first-order valence-electron chi connectivity index (χ1n) is 6.58. The molecule has 1 aromatic heterocycles. The maximum atomic E-state index is 5.47. The number of anilines is 1. The quantitative estimate of drug-likeness (QED) is 0.889. The molecule has 0 radical (unpaired) electrons. The lowest BCUT2D eigenvalue weighted by molar-refractivity contribution is 0.0128. The van der Waals surface area contributed by atoms with Gasteiger partial charge in [0.2, 0.25) is 0 Å². The largest absolute Gasteiger partial charge is 0.382 e. The van der Waals surface area contributed by atoms with Crippen molar-refractivity contribution in [3.63, 3.8) is 0 Å². The van der Waals surface area contributed by atoms with E-state index in [1.54, 1.807) is 18.4 Å². The fourth-order valence-corrected chi connectivity index (χ4v) is 3.15. The fraction of sp³-hybridized carbons (Fsp3) is 0.533. The summed E-state index contributed by atoms with van der Waals surface area (Å²) in [5.41, 5.74) is 2.13. The lowest BCUT2D eigenvalue weighted by atomic mass is 10.00. The Labute approximate surface area is 119 Å². The molecule has 1 aromatic carbocycles. The van der Waals surface area contributed by atoms with Gasteiger partial charge in [-0.05, 0) is 52.3 Å². The first kappa shape index (κ1) is 14.3. The zero-order chi connectivity index (χ0) is 14.0. The van der Waals surface area contributed by atoms with Crippen LogP contribution >= 0.6 is 11.3 Å². The van der Waals surface area contributed by atoms with Crippen molar-refractivity contribution >= 4 is 27.2 Å². The summed E-state index contributed by atoms with van der Waals surface area (Å²) in [6.45, 7) is 8.45. The Kier molecular flexibility index (Phi) is 4.11. The van der Waals surface area contributed by atoms with Gasteiger partial charge in [-0.3, -0.25) is 0 Å². The molecule has 1 atom stereocenters. The summed E-state index contributed by atoms with van der Waals surface area (Å²) in [5, 5.41) is 4.64. The number of aryl methyl sites for hydroxylation is 1. The van der Waals surface area contributed by atoms with Crippen molar-refractivity contribution in [1.29, 1.82) is 0 Å². The van der Waals surface area contributed by atoms with Crippen LogP contribution in [0, 0.1) is 6.92 Å². The number of aromatic nitrogens is 1. The highest BCUT2D eigenvalue weighted by atomic mass is 32.1. The second kappa shape index (κ2) is 5.47. The minimum absolute atomic E-state index is 0.0996. The van der Waals surface area contributed by atoms with Gasteiger partial charge in [-0.25, -0.2) is 4.98 Å². The molecule has 4 heteroatoms. The van der Waals surface area contributed by atoms with Crippen molar-refractivity contribution in [1.82, 2.24) is 4.98 Å². The van der Waals surface area contributed by atoms with Crippen LogP contribution in [0.3, 0.4) is 0 Å². The number of benzene rings is 1. The number of hydrogen-bond acceptors (Lipinski definition) is 4. The van der Waals surface area contributed by atoms with E-state index >= 15 is 0 Å². The van der Waals surface area contributed by atoms with Crippen molar-refractivity contribution in [2.45, 2.75) is 45.8 Å². The number of fused-ring (bicyclic) bond motifs is 1. The Hall–Kier alpha value is -1.13. The molecule has 0 amide bonds. The molecule has 0 aliphatic carbocycles. The number of thiazole rings is 1. The maximum Gasteiger partial charge on any atom is 0.0907 e. The van der Waals surface area contributed by atoms with E-state index in [1.165, 1.54) is 4.70 Å². The smallest absolute Gasteiger partial charge is 0.0907 e. The Morgan fingerprint density at radius 1 is 1.42 bits per heavy atom. The number of rotatable bonds is 5. The monoisotopic (exact) mass is 278 g/mol. The zero-order valence-electron chi connectivity index (χ0n) is 12.3. The Balaban J connectivity index is 2.08. The average molecular weight is 278 g/mol. The summed E-state index contributed by atoms with van der Waals surface area (Å²) in [4.78, 5) is 4.48. The Morgan fingerprint density at radius 2 is 2.16 bits per heavy atom. The number of nitrogens with one attached hydrogen (secondary N) is 1. The van der Waals surface area contributed by atoms with Crippen molar-refractivity contribution in [2.24, 2.45) is 0 Å². The van der Waals surface area contributed by atoms with E-state index in [9.17, 15) is 0 Å². The lowest BCUT2D eigenvalue weighted by Gasteiger charge is -2.27. The van der Waals surface area contributed by atoms with E-state index in [1.807, 2.05) is 6.92 Å². The van der Waals surface area contributed by atoms with Gasteiger partial charge >= 0.3 is 0 Å². The van der Waals surface area contributed by atoms with E-state index in [-0.39, 0.29) is 5.60 Å². The molecular weight excluding hydrogens is 256 g/mol. The second-order valence-corrected chi connectivity index (χ2v) is 6.86. The molecule has 0 fully saturated rings. The van der Waals surface area contributed by atoms with E-state index in [0.717, 1.165) is 22.6 Å². The van der Waals surface area contributed by atoms with Crippen LogP contribution in [0.15, 0.2) is 18.2 Å². The highest BCUT2D eigenvalue weighted by molar-refractivity contribution is 7.18. The van der Waals surface area contributed by atoms with Gasteiger partial charge in [-0.15, -0.1) is 11.3 Å². The number of methoxy groups -OCH3 is 1. The summed E-state index contributed by atoms with van der Waals surface area (Å²) in [6.07, 6.45) is 0.962. The van der Waals surface area contributed by atoms with Gasteiger partial charge in [0.15, 0.2) is 0 Å². The molecule has 3 nitrogen and oxygen atoms in total. The SMILES string of the molecule is COC(C)(C)CC(C)Nc1ccc2nc(C)sc2c1. The van der Waals surface area contributed by atoms with Crippen LogP contribution in [0.4, 0.5) is 5.69 Å². The Bertz CT molecular complexity index is 562. The maximum absolute atomic E-state index is 5.47. The normalized spacial score (nSPS) is 13.7. The molecular formula is C15H22N2OS. The first-order chi connectivity index (χ1) is 8.89. The van der Waals surface area contributed by atoms with Gasteiger partial charge < -0.3 is 10.1 Å². The van der Waals surface area contributed by atoms with Gasteiger partial charge in [0, 0.05) is 18.8 Å². The molecule has 2 rings (SSSR count). The summed E-state index contributed by atoms with van der Waals surface area (Å²) in [6, 6.07) is 6.71. The van der Waals surface area contributed by atoms with E-state index < -0.39 is 0 Å². The van der Waals surface area contributed by atoms with Gasteiger partial charge in [-0.1, -0.05) is 0 Å². The molecule has 0 aliphatic rings. The fourth-order valence-electron chi connectivity index (χ4n) is 2.29. The molecule has 19 heavy (non-hydrogen) atoms. The van der Waals surface area contributed by atoms with Gasteiger partial charge in [0.1, 0.15) is 0 Å². The molecule has 0 bridgehead atoms. The van der Waals surface area contributed by atoms with Gasteiger partial charge in [0.05, 0.1) is 20.8 Å². The molecule has 1 unspecified atom stereocenters. The van der Waals surface area contributed by atoms with Crippen LogP contribution < -0.4 is 5.32 Å². The molecule has 0 aliphatic heterocycles. The number of hydrogen-bond donors (Lipinski definition) is 1. The first-order valence-corrected chi connectivity index (χ1v) is 7.40. The minimum atomic E-state index is -0.0996. The van der Waals surface area contributed by atoms with Crippen molar-refractivity contribution < 1.29 is 4.74 Å². The number of ether oxygens (including phenoxy) is 1. The Morgan fingerprint density at radius 3 is 2.84 bits per heavy atom. The number of nitrogens with zero attached hydrogens (tertiary/aromatic N) is 1. The van der Waals surface area contributed by atoms with Crippen LogP contribution in [0.2, 0.25) is 0 Å². The topological polar surface area (TPSA) is 34.1 Å². The molecule has 1 heterocycles. The standard InChI is InChI=1S/C15H22N2OS/c1-10(9-15(3,4)18-5)16-12-6-7-13-14(8-12)19-11(2)17-13/h6-8,10,16H,9H2,1-5H3. The van der Waals surface area contributed by atoms with E-state index in [4.69, 9.17) is 4.74 Å². The lowest BCUT2D eigenvalue weighted by Crippen LogP contribution is -2.31. The van der Waals surface area contributed by atoms with E-state index in [2.05, 4.69) is 49.3 Å². The third-order valence-electron chi connectivity index (χ3n) is 3.26. The van der Waals surface area contributed by atoms with Crippen LogP contribution in [0.25, 0.3) is 10.2 Å². The third kappa shape index (κ3) is 3.67. The zero-order valence-corrected chi connectivity index (χ0v) is 13.1. The van der Waals surface area contributed by atoms with Crippen molar-refractivity contribution in [2.75, 3.05) is 12.4 Å². The predicted molar refractivity (Wildman–Crippen MR) is 83.1 cm³/mol. The van der Waals surface area contributed by atoms with Crippen LogP contribution in [0.1, 0.15) is 32.2 Å². The van der Waals surface area contributed by atoms with Crippen LogP contribution in [0.5, 0.6) is 0 Å². The molecule has 104 valence electrons. The highest BCUT2D eigenvalue weighted by Gasteiger charge is 2.20. The van der Waals surface area contributed by atoms with Gasteiger partial charge in [-0.2, -0.15) is 0 Å². The van der Waals surface area contributed by atoms with Crippen LogP contribution in [-0.4, -0.2) is 23.7 Å². The summed E-state index contributed by atoms with van der Waals surface area (Å²) in [7, 11) is 1.76. The van der Waals surface area contributed by atoms with E-state index in [0.29, 0.717) is 6.04 Å². The van der Waals surface area contributed by atoms with Crippen molar-refractivity contribution in [3.8, 4) is 0 Å². The predicted octanol–water partition coefficient (Wildman–Crippen LogP) is 4.22. The van der Waals surface area contributed by atoms with Crippen LogP contribution in [-0.2, 0) is 4.74 Å². The van der Waals surface area contributed by atoms with Gasteiger partial charge in [0.25, 0.3) is 0 Å². The molecule has 1 N–H and O–H groups in total. The summed E-state index contributed by atoms with van der Waals surface area (Å²) < 4.78 is 6.71. The molecule has 0 saturated heterocycles.